The Kier molecular flexibility index (Phi) is 6.94. The first-order valence-corrected chi connectivity index (χ1v) is 21.8. The summed E-state index contributed by atoms with van der Waals surface area (Å²) in [5.74, 6) is 0.304. The minimum Gasteiger partial charge on any atom is -0.311 e. The summed E-state index contributed by atoms with van der Waals surface area (Å²) in [5, 5.41) is 21.4. The zero-order chi connectivity index (χ0) is 35.3. The maximum absolute atomic E-state index is 2.58. The molecule has 256 valence electrons. The lowest BCUT2D eigenvalue weighted by Gasteiger charge is -2.32. The van der Waals surface area contributed by atoms with Gasteiger partial charge in [0, 0.05) is 74.0 Å². The summed E-state index contributed by atoms with van der Waals surface area (Å²) in [6, 6.07) is 45.3. The van der Waals surface area contributed by atoms with E-state index in [1.807, 2.05) is 45.8 Å². The van der Waals surface area contributed by atoms with Gasteiger partial charge in [0.25, 0.3) is 0 Å². The van der Waals surface area contributed by atoms with Gasteiger partial charge in [-0.25, -0.2) is 0 Å². The topological polar surface area (TPSA) is 6.48 Å². The molecule has 2 atom stereocenters. The fourth-order valence-electron chi connectivity index (χ4n) is 8.78. The van der Waals surface area contributed by atoms with E-state index in [0.29, 0.717) is 11.2 Å². The van der Waals surface area contributed by atoms with Gasteiger partial charge in [-0.1, -0.05) is 115 Å². The van der Waals surface area contributed by atoms with Crippen molar-refractivity contribution in [3.05, 3.63) is 173 Å². The van der Waals surface area contributed by atoms with Gasteiger partial charge in [-0.2, -0.15) is 0 Å². The predicted molar refractivity (Wildman–Crippen MR) is 241 cm³/mol. The third-order valence-electron chi connectivity index (χ3n) is 11.2. The molecule has 10 aromatic rings. The average Bonchev–Trinajstić information content (AvgIpc) is 4.04. The molecule has 6 heteroatoms. The van der Waals surface area contributed by atoms with E-state index in [0.717, 1.165) is 0 Å². The number of rotatable bonds is 6. The third-order valence-corrected chi connectivity index (χ3v) is 15.2. The van der Waals surface area contributed by atoms with Crippen LogP contribution < -0.4 is 9.80 Å². The summed E-state index contributed by atoms with van der Waals surface area (Å²) in [5.41, 5.74) is 7.46. The number of anilines is 5. The second-order valence-electron chi connectivity index (χ2n) is 14.1. The van der Waals surface area contributed by atoms with Gasteiger partial charge >= 0.3 is 0 Å². The molecule has 0 spiro atoms. The van der Waals surface area contributed by atoms with Crippen LogP contribution in [0.25, 0.3) is 62.6 Å². The number of fused-ring (bicyclic) bond motifs is 4. The van der Waals surface area contributed by atoms with Crippen molar-refractivity contribution in [1.29, 1.82) is 0 Å². The Morgan fingerprint density at radius 3 is 1.43 bits per heavy atom. The number of thiophene rings is 3. The van der Waals surface area contributed by atoms with Crippen molar-refractivity contribution in [2.45, 2.75) is 5.25 Å². The highest BCUT2D eigenvalue weighted by Gasteiger charge is 2.34. The van der Waals surface area contributed by atoms with Crippen LogP contribution >= 0.6 is 45.8 Å². The van der Waals surface area contributed by atoms with Crippen LogP contribution in [0, 0.1) is 5.92 Å². The van der Waals surface area contributed by atoms with Crippen molar-refractivity contribution in [3.63, 3.8) is 0 Å². The largest absolute Gasteiger partial charge is 0.311 e. The normalized spacial score (nSPS) is 16.8. The zero-order valence-corrected chi connectivity index (χ0v) is 32.1. The third kappa shape index (κ3) is 4.52. The molecular formula is C48H30N2S4. The smallest absolute Gasteiger partial charge is 0.0648 e. The molecule has 54 heavy (non-hydrogen) atoms. The summed E-state index contributed by atoms with van der Waals surface area (Å²) in [6.07, 6.45) is 9.16. The Bertz CT molecular complexity index is 3120. The first-order valence-electron chi connectivity index (χ1n) is 18.2. The second kappa shape index (κ2) is 12.1. The molecule has 0 fully saturated rings. The Morgan fingerprint density at radius 1 is 0.407 bits per heavy atom. The summed E-state index contributed by atoms with van der Waals surface area (Å²) in [7, 11) is 0. The van der Waals surface area contributed by atoms with Gasteiger partial charge < -0.3 is 9.80 Å². The first-order chi connectivity index (χ1) is 26.8. The fraction of sp³-hybridized carbons (Fsp3) is 0.0417. The van der Waals surface area contributed by atoms with Crippen LogP contribution in [0.3, 0.4) is 0 Å². The number of allylic oxidation sites excluding steroid dienone is 3. The molecule has 4 heterocycles. The fourth-order valence-corrected chi connectivity index (χ4v) is 12.7. The lowest BCUT2D eigenvalue weighted by atomic mass is 9.91. The van der Waals surface area contributed by atoms with E-state index in [1.54, 1.807) is 0 Å². The molecular weight excluding hydrogens is 733 g/mol. The van der Waals surface area contributed by atoms with Crippen molar-refractivity contribution < 1.29 is 0 Å². The van der Waals surface area contributed by atoms with Gasteiger partial charge in [0.05, 0.1) is 28.4 Å². The molecule has 0 radical (unpaired) electrons. The van der Waals surface area contributed by atoms with E-state index in [-0.39, 0.29) is 0 Å². The summed E-state index contributed by atoms with van der Waals surface area (Å²) < 4.78 is 3.90. The number of thioether (sulfide) groups is 1. The maximum atomic E-state index is 2.58. The molecule has 0 N–H and O–H groups in total. The van der Waals surface area contributed by atoms with E-state index >= 15 is 0 Å². The van der Waals surface area contributed by atoms with Gasteiger partial charge in [-0.05, 0) is 57.3 Å². The molecule has 7 aromatic carbocycles. The molecule has 2 nitrogen and oxygen atoms in total. The molecule has 12 rings (SSSR count). The standard InChI is InChI=1S/C48H30N2S4/c1-5-13-43-31(9-1)39(25-51-43)49(40-26-52-44-14-6-2-10-32(40)44)37-23-19-29-18-22-36-38(24-20-30-17-21-35(37)47(29)48(30)36)50(41-27-53-45-15-7-3-11-33(41)45)42-28-54-46-16-8-4-12-34(42)46/h1-28,31,43H. The molecule has 0 bridgehead atoms. The van der Waals surface area contributed by atoms with E-state index in [1.165, 1.54) is 96.7 Å². The van der Waals surface area contributed by atoms with E-state index in [4.69, 9.17) is 0 Å². The highest BCUT2D eigenvalue weighted by atomic mass is 32.2. The second-order valence-corrected chi connectivity index (χ2v) is 17.8. The van der Waals surface area contributed by atoms with Crippen molar-refractivity contribution in [1.82, 2.24) is 0 Å². The SMILES string of the molecule is C1=CC2SC=C(N(c3csc4ccccc34)c3ccc4ccc5c(N(c6csc7ccccc67)c6csc7ccccc67)ccc6ccc3c4c65)C2C=C1. The number of hydrogen-bond acceptors (Lipinski definition) is 6. The van der Waals surface area contributed by atoms with Crippen molar-refractivity contribution in [2.24, 2.45) is 5.92 Å². The number of hydrogen-bond donors (Lipinski definition) is 0. The van der Waals surface area contributed by atoms with Crippen LogP contribution in [0.1, 0.15) is 0 Å². The van der Waals surface area contributed by atoms with Crippen molar-refractivity contribution in [3.8, 4) is 0 Å². The number of benzene rings is 7. The lowest BCUT2D eigenvalue weighted by Crippen LogP contribution is -2.24. The van der Waals surface area contributed by atoms with Crippen LogP contribution in [-0.4, -0.2) is 5.25 Å². The molecule has 1 aliphatic carbocycles. The van der Waals surface area contributed by atoms with Gasteiger partial charge in [0.15, 0.2) is 0 Å². The zero-order valence-electron chi connectivity index (χ0n) is 28.8. The van der Waals surface area contributed by atoms with Gasteiger partial charge in [0.1, 0.15) is 0 Å². The highest BCUT2D eigenvalue weighted by Crippen LogP contribution is 2.53. The van der Waals surface area contributed by atoms with E-state index in [9.17, 15) is 0 Å². The minimum absolute atomic E-state index is 0.304. The van der Waals surface area contributed by atoms with Crippen LogP contribution in [0.2, 0.25) is 0 Å². The average molecular weight is 763 g/mol. The van der Waals surface area contributed by atoms with Gasteiger partial charge in [0.2, 0.25) is 0 Å². The molecule has 0 saturated heterocycles. The Hall–Kier alpha value is -5.37. The van der Waals surface area contributed by atoms with Crippen LogP contribution in [0.15, 0.2) is 173 Å². The monoisotopic (exact) mass is 762 g/mol. The minimum atomic E-state index is 0.304. The molecule has 0 saturated carbocycles. The number of nitrogens with zero attached hydrogens (tertiary/aromatic N) is 2. The molecule has 1 aliphatic heterocycles. The summed E-state index contributed by atoms with van der Waals surface area (Å²) >= 11 is 7.40. The van der Waals surface area contributed by atoms with E-state index < -0.39 is 0 Å². The van der Waals surface area contributed by atoms with Gasteiger partial charge in [-0.3, -0.25) is 0 Å². The predicted octanol–water partition coefficient (Wildman–Crippen LogP) is 15.5. The summed E-state index contributed by atoms with van der Waals surface area (Å²) in [4.78, 5) is 5.10. The Morgan fingerprint density at radius 2 is 0.870 bits per heavy atom. The van der Waals surface area contributed by atoms with Crippen molar-refractivity contribution >= 4 is 137 Å². The summed E-state index contributed by atoms with van der Waals surface area (Å²) in [6.45, 7) is 0. The molecule has 2 unspecified atom stereocenters. The van der Waals surface area contributed by atoms with Crippen LogP contribution in [0.5, 0.6) is 0 Å². The van der Waals surface area contributed by atoms with Crippen LogP contribution in [0.4, 0.5) is 28.4 Å². The molecule has 2 aliphatic rings. The van der Waals surface area contributed by atoms with Crippen molar-refractivity contribution in [2.75, 3.05) is 9.80 Å². The quantitative estimate of drug-likeness (QED) is 0.156. The Labute approximate surface area is 328 Å². The highest BCUT2D eigenvalue weighted by molar-refractivity contribution is 8.03. The van der Waals surface area contributed by atoms with Crippen LogP contribution in [-0.2, 0) is 0 Å². The molecule has 0 amide bonds. The Balaban J connectivity index is 1.13. The first kappa shape index (κ1) is 31.0. The maximum Gasteiger partial charge on any atom is 0.0648 e. The lowest BCUT2D eigenvalue weighted by molar-refractivity contribution is 0.779. The molecule has 3 aromatic heterocycles. The van der Waals surface area contributed by atoms with Gasteiger partial charge in [-0.15, -0.1) is 45.8 Å². The van der Waals surface area contributed by atoms with E-state index in [2.05, 4.69) is 177 Å².